The number of rotatable bonds is 4. The van der Waals surface area contributed by atoms with E-state index in [1.165, 1.54) is 0 Å². The van der Waals surface area contributed by atoms with E-state index in [1.54, 1.807) is 0 Å². The Labute approximate surface area is 111 Å². The minimum Gasteiger partial charge on any atom is -0.342 e. The third-order valence-corrected chi connectivity index (χ3v) is 2.74. The number of carbonyl (C=O) groups is 1. The Morgan fingerprint density at radius 3 is 2.53 bits per heavy atom. The molecular weight excluding hydrogens is 238 g/mol. The van der Waals surface area contributed by atoms with Gasteiger partial charge in [-0.15, -0.1) is 12.4 Å². The van der Waals surface area contributed by atoms with E-state index in [0.29, 0.717) is 6.54 Å². The summed E-state index contributed by atoms with van der Waals surface area (Å²) in [5, 5.41) is 0. The molecule has 0 radical (unpaired) electrons. The lowest BCUT2D eigenvalue weighted by Gasteiger charge is -2.28. The van der Waals surface area contributed by atoms with Crippen molar-refractivity contribution in [3.63, 3.8) is 0 Å². The van der Waals surface area contributed by atoms with Crippen LogP contribution in [0.15, 0.2) is 0 Å². The molecule has 0 aromatic rings. The molecule has 0 aromatic carbocycles. The van der Waals surface area contributed by atoms with Crippen molar-refractivity contribution in [2.45, 2.75) is 39.2 Å². The molecule has 0 aromatic heterocycles. The lowest BCUT2D eigenvalue weighted by molar-refractivity contribution is -0.131. The van der Waals surface area contributed by atoms with Crippen molar-refractivity contribution in [1.29, 1.82) is 0 Å². The quantitative estimate of drug-likeness (QED) is 0.826. The first-order valence-corrected chi connectivity index (χ1v) is 6.21. The molecule has 102 valence electrons. The molecule has 1 aliphatic heterocycles. The number of halogens is 1. The maximum atomic E-state index is 11.9. The Hall–Kier alpha value is -0.320. The lowest BCUT2D eigenvalue weighted by Crippen LogP contribution is -2.47. The zero-order chi connectivity index (χ0) is 12.2. The van der Waals surface area contributed by atoms with Crippen molar-refractivity contribution in [3.8, 4) is 0 Å². The molecule has 0 aliphatic carbocycles. The van der Waals surface area contributed by atoms with Gasteiger partial charge >= 0.3 is 0 Å². The largest absolute Gasteiger partial charge is 0.342 e. The molecule has 5 heteroatoms. The third-order valence-electron chi connectivity index (χ3n) is 2.74. The summed E-state index contributed by atoms with van der Waals surface area (Å²) in [6, 6.07) is 0. The van der Waals surface area contributed by atoms with Gasteiger partial charge < -0.3 is 10.6 Å². The first-order chi connectivity index (χ1) is 7.42. The van der Waals surface area contributed by atoms with Gasteiger partial charge in [-0.25, -0.2) is 0 Å². The van der Waals surface area contributed by atoms with E-state index in [4.69, 9.17) is 5.73 Å². The molecule has 1 amide bonds. The van der Waals surface area contributed by atoms with Crippen LogP contribution in [0.3, 0.4) is 0 Å². The zero-order valence-electron chi connectivity index (χ0n) is 11.2. The van der Waals surface area contributed by atoms with Crippen molar-refractivity contribution < 1.29 is 4.79 Å². The van der Waals surface area contributed by atoms with Crippen LogP contribution >= 0.6 is 12.4 Å². The van der Waals surface area contributed by atoms with Gasteiger partial charge in [-0.05, 0) is 26.7 Å². The Bertz CT molecular complexity index is 240. The van der Waals surface area contributed by atoms with Gasteiger partial charge in [0.2, 0.25) is 5.91 Å². The molecule has 1 saturated heterocycles. The molecular formula is C12H26ClN3O. The molecule has 0 unspecified atom stereocenters. The van der Waals surface area contributed by atoms with Crippen LogP contribution in [-0.2, 0) is 4.79 Å². The van der Waals surface area contributed by atoms with Crippen molar-refractivity contribution in [2.75, 3.05) is 32.7 Å². The molecule has 0 spiro atoms. The molecule has 17 heavy (non-hydrogen) atoms. The predicted molar refractivity (Wildman–Crippen MR) is 73.4 cm³/mol. The molecule has 1 fully saturated rings. The molecule has 1 rings (SSSR count). The van der Waals surface area contributed by atoms with Gasteiger partial charge in [-0.2, -0.15) is 0 Å². The lowest BCUT2D eigenvalue weighted by atomic mass is 10.1. The second-order valence-electron chi connectivity index (χ2n) is 5.43. The van der Waals surface area contributed by atoms with Crippen LogP contribution in [-0.4, -0.2) is 54.0 Å². The van der Waals surface area contributed by atoms with Crippen LogP contribution in [0, 0.1) is 0 Å². The van der Waals surface area contributed by atoms with Crippen molar-refractivity contribution in [2.24, 2.45) is 5.73 Å². The molecule has 0 bridgehead atoms. The van der Waals surface area contributed by atoms with Gasteiger partial charge in [-0.1, -0.05) is 6.92 Å². The summed E-state index contributed by atoms with van der Waals surface area (Å²) in [6.07, 6.45) is 2.09. The normalized spacial score (nSPS) is 18.8. The predicted octanol–water partition coefficient (Wildman–Crippen LogP) is 1.09. The SMILES string of the molecule is CCCN1CCCN(CC(C)(C)N)CC1=O.Cl. The van der Waals surface area contributed by atoms with E-state index < -0.39 is 0 Å². The van der Waals surface area contributed by atoms with E-state index >= 15 is 0 Å². The summed E-state index contributed by atoms with van der Waals surface area (Å²) in [4.78, 5) is 16.1. The number of nitrogens with two attached hydrogens (primary N) is 1. The molecule has 2 N–H and O–H groups in total. The molecule has 1 aliphatic rings. The number of hydrogen-bond acceptors (Lipinski definition) is 3. The fourth-order valence-electron chi connectivity index (χ4n) is 2.20. The Kier molecular flexibility index (Phi) is 7.05. The van der Waals surface area contributed by atoms with Crippen LogP contribution in [0.5, 0.6) is 0 Å². The standard InChI is InChI=1S/C12H25N3O.ClH/c1-4-6-15-8-5-7-14(9-11(15)16)10-12(2,3)13;/h4-10,13H2,1-3H3;1H. The fraction of sp³-hybridized carbons (Fsp3) is 0.917. The first-order valence-electron chi connectivity index (χ1n) is 6.21. The van der Waals surface area contributed by atoms with Crippen molar-refractivity contribution in [3.05, 3.63) is 0 Å². The monoisotopic (exact) mass is 263 g/mol. The summed E-state index contributed by atoms with van der Waals surface area (Å²) >= 11 is 0. The van der Waals surface area contributed by atoms with Crippen LogP contribution in [0.1, 0.15) is 33.6 Å². The second-order valence-corrected chi connectivity index (χ2v) is 5.43. The van der Waals surface area contributed by atoms with Gasteiger partial charge in [0.25, 0.3) is 0 Å². The highest BCUT2D eigenvalue weighted by molar-refractivity contribution is 5.85. The Morgan fingerprint density at radius 1 is 1.35 bits per heavy atom. The van der Waals surface area contributed by atoms with E-state index in [-0.39, 0.29) is 23.9 Å². The van der Waals surface area contributed by atoms with Gasteiger partial charge in [-0.3, -0.25) is 9.69 Å². The van der Waals surface area contributed by atoms with Crippen LogP contribution < -0.4 is 5.73 Å². The number of amides is 1. The highest BCUT2D eigenvalue weighted by atomic mass is 35.5. The number of carbonyl (C=O) groups excluding carboxylic acids is 1. The summed E-state index contributed by atoms with van der Waals surface area (Å²) in [5.74, 6) is 0.253. The van der Waals surface area contributed by atoms with Gasteiger partial charge in [0, 0.05) is 31.7 Å². The molecule has 0 atom stereocenters. The fourth-order valence-corrected chi connectivity index (χ4v) is 2.20. The minimum absolute atomic E-state index is 0. The van der Waals surface area contributed by atoms with Crippen LogP contribution in [0.25, 0.3) is 0 Å². The van der Waals surface area contributed by atoms with E-state index in [1.807, 2.05) is 18.7 Å². The number of nitrogens with zero attached hydrogens (tertiary/aromatic N) is 2. The zero-order valence-corrected chi connectivity index (χ0v) is 12.1. The third kappa shape index (κ3) is 6.24. The van der Waals surface area contributed by atoms with Crippen LogP contribution in [0.4, 0.5) is 0 Å². The summed E-state index contributed by atoms with van der Waals surface area (Å²) in [5.41, 5.74) is 5.77. The van der Waals surface area contributed by atoms with Crippen molar-refractivity contribution >= 4 is 18.3 Å². The minimum atomic E-state index is -0.222. The smallest absolute Gasteiger partial charge is 0.236 e. The Morgan fingerprint density at radius 2 is 2.00 bits per heavy atom. The van der Waals surface area contributed by atoms with Crippen LogP contribution in [0.2, 0.25) is 0 Å². The molecule has 1 heterocycles. The van der Waals surface area contributed by atoms with Gasteiger partial charge in [0.05, 0.1) is 6.54 Å². The maximum absolute atomic E-state index is 11.9. The Balaban J connectivity index is 0.00000256. The summed E-state index contributed by atoms with van der Waals surface area (Å²) < 4.78 is 0. The topological polar surface area (TPSA) is 49.6 Å². The second kappa shape index (κ2) is 7.19. The van der Waals surface area contributed by atoms with E-state index in [9.17, 15) is 4.79 Å². The summed E-state index contributed by atoms with van der Waals surface area (Å²) in [6.45, 7) is 10.2. The molecule has 4 nitrogen and oxygen atoms in total. The average Bonchev–Trinajstić information content (AvgIpc) is 2.27. The maximum Gasteiger partial charge on any atom is 0.236 e. The summed E-state index contributed by atoms with van der Waals surface area (Å²) in [7, 11) is 0. The highest BCUT2D eigenvalue weighted by Crippen LogP contribution is 2.08. The van der Waals surface area contributed by atoms with Gasteiger partial charge in [0.15, 0.2) is 0 Å². The number of hydrogen-bond donors (Lipinski definition) is 1. The van der Waals surface area contributed by atoms with E-state index in [0.717, 1.165) is 39.0 Å². The average molecular weight is 264 g/mol. The van der Waals surface area contributed by atoms with Gasteiger partial charge in [0.1, 0.15) is 0 Å². The molecule has 0 saturated carbocycles. The van der Waals surface area contributed by atoms with Crippen molar-refractivity contribution in [1.82, 2.24) is 9.80 Å². The van der Waals surface area contributed by atoms with E-state index in [2.05, 4.69) is 11.8 Å². The first kappa shape index (κ1) is 16.7. The highest BCUT2D eigenvalue weighted by Gasteiger charge is 2.24.